The summed E-state index contributed by atoms with van der Waals surface area (Å²) in [6.45, 7) is 2.44. The fourth-order valence-electron chi connectivity index (χ4n) is 1.74. The molecule has 1 aromatic rings. The van der Waals surface area contributed by atoms with Crippen molar-refractivity contribution in [3.63, 3.8) is 0 Å². The van der Waals surface area contributed by atoms with Gasteiger partial charge in [-0.2, -0.15) is 0 Å². The van der Waals surface area contributed by atoms with Gasteiger partial charge in [0.15, 0.2) is 0 Å². The van der Waals surface area contributed by atoms with Gasteiger partial charge in [0.25, 0.3) is 5.91 Å². The summed E-state index contributed by atoms with van der Waals surface area (Å²) in [5, 5.41) is 0. The Kier molecular flexibility index (Phi) is 2.02. The van der Waals surface area contributed by atoms with E-state index < -0.39 is 0 Å². The van der Waals surface area contributed by atoms with Gasteiger partial charge in [0.2, 0.25) is 0 Å². The molecule has 0 N–H and O–H groups in total. The van der Waals surface area contributed by atoms with Gasteiger partial charge in [0, 0.05) is 19.2 Å². The van der Waals surface area contributed by atoms with Crippen LogP contribution >= 0.6 is 0 Å². The van der Waals surface area contributed by atoms with Crippen LogP contribution < -0.4 is 0 Å². The Morgan fingerprint density at radius 2 is 2.14 bits per heavy atom. The van der Waals surface area contributed by atoms with Crippen LogP contribution in [0.25, 0.3) is 0 Å². The number of hydrogen-bond donors (Lipinski definition) is 0. The molecular formula is C11H12FNO. The Hall–Kier alpha value is -1.38. The number of rotatable bonds is 0. The minimum Gasteiger partial charge on any atom is -0.341 e. The Morgan fingerprint density at radius 1 is 1.43 bits per heavy atom. The fourth-order valence-corrected chi connectivity index (χ4v) is 1.74. The second kappa shape index (κ2) is 3.08. The summed E-state index contributed by atoms with van der Waals surface area (Å²) in [5.74, 6) is -0.377. The minimum absolute atomic E-state index is 0.0786. The van der Waals surface area contributed by atoms with Crippen LogP contribution in [-0.4, -0.2) is 24.4 Å². The summed E-state index contributed by atoms with van der Waals surface area (Å²) in [7, 11) is 1.74. The summed E-state index contributed by atoms with van der Waals surface area (Å²) in [4.78, 5) is 13.3. The first-order valence-corrected chi connectivity index (χ1v) is 4.64. The van der Waals surface area contributed by atoms with Gasteiger partial charge in [-0.1, -0.05) is 6.07 Å². The first-order chi connectivity index (χ1) is 6.59. The van der Waals surface area contributed by atoms with Crippen molar-refractivity contribution in [1.29, 1.82) is 0 Å². The van der Waals surface area contributed by atoms with E-state index in [4.69, 9.17) is 0 Å². The molecule has 0 aromatic heterocycles. The smallest absolute Gasteiger partial charge is 0.253 e. The van der Waals surface area contributed by atoms with E-state index in [9.17, 15) is 9.18 Å². The third-order valence-corrected chi connectivity index (χ3v) is 2.68. The van der Waals surface area contributed by atoms with Crippen LogP contribution in [0.2, 0.25) is 0 Å². The third kappa shape index (κ3) is 1.29. The lowest BCUT2D eigenvalue weighted by atomic mass is 9.97. The molecule has 2 nitrogen and oxygen atoms in total. The van der Waals surface area contributed by atoms with E-state index in [0.29, 0.717) is 11.1 Å². The zero-order chi connectivity index (χ0) is 10.3. The molecule has 0 saturated carbocycles. The summed E-state index contributed by atoms with van der Waals surface area (Å²) in [6, 6.07) is 3.12. The van der Waals surface area contributed by atoms with E-state index in [2.05, 4.69) is 0 Å². The highest BCUT2D eigenvalue weighted by Gasteiger charge is 2.22. The number of carbonyl (C=O) groups is 1. The standard InChI is InChI=1S/C11H12FNO/c1-7-5-8-3-4-13(2)11(14)9(8)6-10(7)12/h5-6H,3-4H2,1-2H3. The Labute approximate surface area is 82.3 Å². The van der Waals surface area contributed by atoms with Gasteiger partial charge >= 0.3 is 0 Å². The predicted octanol–water partition coefficient (Wildman–Crippen LogP) is 1.76. The van der Waals surface area contributed by atoms with E-state index >= 15 is 0 Å². The van der Waals surface area contributed by atoms with Gasteiger partial charge in [-0.25, -0.2) is 4.39 Å². The number of benzene rings is 1. The number of carbonyl (C=O) groups excluding carboxylic acids is 1. The van der Waals surface area contributed by atoms with Gasteiger partial charge in [0.1, 0.15) is 5.82 Å². The van der Waals surface area contributed by atoms with Gasteiger partial charge in [-0.15, -0.1) is 0 Å². The number of fused-ring (bicyclic) bond motifs is 1. The maximum absolute atomic E-state index is 13.2. The van der Waals surface area contributed by atoms with Crippen LogP contribution in [0.5, 0.6) is 0 Å². The summed E-state index contributed by atoms with van der Waals surface area (Å²) in [6.07, 6.45) is 0.818. The first-order valence-electron chi connectivity index (χ1n) is 4.64. The lowest BCUT2D eigenvalue weighted by Gasteiger charge is -2.25. The van der Waals surface area contributed by atoms with Crippen LogP contribution in [0.3, 0.4) is 0 Å². The molecule has 0 unspecified atom stereocenters. The summed E-state index contributed by atoms with van der Waals surface area (Å²) >= 11 is 0. The zero-order valence-corrected chi connectivity index (χ0v) is 8.30. The van der Waals surface area contributed by atoms with Crippen LogP contribution in [-0.2, 0) is 6.42 Å². The largest absolute Gasteiger partial charge is 0.341 e. The molecule has 0 spiro atoms. The quantitative estimate of drug-likeness (QED) is 0.614. The highest BCUT2D eigenvalue weighted by molar-refractivity contribution is 5.96. The normalized spacial score (nSPS) is 15.6. The molecule has 0 radical (unpaired) electrons. The summed E-state index contributed by atoms with van der Waals surface area (Å²) < 4.78 is 13.2. The van der Waals surface area contributed by atoms with E-state index in [0.717, 1.165) is 18.5 Å². The second-order valence-electron chi connectivity index (χ2n) is 3.74. The average Bonchev–Trinajstić information content (AvgIpc) is 2.15. The molecule has 1 aromatic carbocycles. The molecule has 0 atom stereocenters. The topological polar surface area (TPSA) is 20.3 Å². The number of halogens is 1. The van der Waals surface area contributed by atoms with Crippen LogP contribution in [0.1, 0.15) is 21.5 Å². The first kappa shape index (κ1) is 9.19. The van der Waals surface area contributed by atoms with Crippen molar-refractivity contribution in [2.45, 2.75) is 13.3 Å². The maximum atomic E-state index is 13.2. The number of aryl methyl sites for hydroxylation is 1. The van der Waals surface area contributed by atoms with Crippen LogP contribution in [0, 0.1) is 12.7 Å². The Balaban J connectivity index is 2.56. The molecule has 2 rings (SSSR count). The van der Waals surface area contributed by atoms with Crippen molar-refractivity contribution < 1.29 is 9.18 Å². The summed E-state index contributed by atoms with van der Waals surface area (Å²) in [5.41, 5.74) is 2.09. The molecule has 0 fully saturated rings. The Bertz CT molecular complexity index is 401. The molecule has 1 aliphatic heterocycles. The maximum Gasteiger partial charge on any atom is 0.253 e. The third-order valence-electron chi connectivity index (χ3n) is 2.68. The van der Waals surface area contributed by atoms with Crippen molar-refractivity contribution in [1.82, 2.24) is 4.90 Å². The minimum atomic E-state index is -0.299. The van der Waals surface area contributed by atoms with Crippen LogP contribution in [0.4, 0.5) is 4.39 Å². The zero-order valence-electron chi connectivity index (χ0n) is 8.30. The number of hydrogen-bond acceptors (Lipinski definition) is 1. The van der Waals surface area contributed by atoms with Gasteiger partial charge in [-0.3, -0.25) is 4.79 Å². The van der Waals surface area contributed by atoms with Gasteiger partial charge in [0.05, 0.1) is 0 Å². The molecule has 74 valence electrons. The van der Waals surface area contributed by atoms with Crippen molar-refractivity contribution >= 4 is 5.91 Å². The number of nitrogens with zero attached hydrogens (tertiary/aromatic N) is 1. The lowest BCUT2D eigenvalue weighted by molar-refractivity contribution is 0.0780. The molecule has 1 heterocycles. The van der Waals surface area contributed by atoms with E-state index in [-0.39, 0.29) is 11.7 Å². The molecule has 0 saturated heterocycles. The van der Waals surface area contributed by atoms with Crippen LogP contribution in [0.15, 0.2) is 12.1 Å². The predicted molar refractivity (Wildman–Crippen MR) is 51.8 cm³/mol. The molecule has 0 bridgehead atoms. The molecular weight excluding hydrogens is 181 g/mol. The number of likely N-dealkylation sites (N-methyl/N-ethyl adjacent to an activating group) is 1. The van der Waals surface area contributed by atoms with E-state index in [1.54, 1.807) is 24.9 Å². The molecule has 3 heteroatoms. The van der Waals surface area contributed by atoms with Gasteiger partial charge in [-0.05, 0) is 30.5 Å². The number of amides is 1. The van der Waals surface area contributed by atoms with Crippen molar-refractivity contribution in [3.8, 4) is 0 Å². The average molecular weight is 193 g/mol. The highest BCUT2D eigenvalue weighted by Crippen LogP contribution is 2.21. The monoisotopic (exact) mass is 193 g/mol. The molecule has 0 aliphatic carbocycles. The Morgan fingerprint density at radius 3 is 2.86 bits per heavy atom. The van der Waals surface area contributed by atoms with Crippen molar-refractivity contribution in [3.05, 3.63) is 34.6 Å². The molecule has 1 aliphatic rings. The highest BCUT2D eigenvalue weighted by atomic mass is 19.1. The van der Waals surface area contributed by atoms with Crippen molar-refractivity contribution in [2.75, 3.05) is 13.6 Å². The molecule has 1 amide bonds. The fraction of sp³-hybridized carbons (Fsp3) is 0.364. The molecule has 14 heavy (non-hydrogen) atoms. The van der Waals surface area contributed by atoms with E-state index in [1.165, 1.54) is 6.07 Å². The van der Waals surface area contributed by atoms with E-state index in [1.807, 2.05) is 0 Å². The lowest BCUT2D eigenvalue weighted by Crippen LogP contribution is -2.34. The second-order valence-corrected chi connectivity index (χ2v) is 3.74. The van der Waals surface area contributed by atoms with Crippen molar-refractivity contribution in [2.24, 2.45) is 0 Å². The SMILES string of the molecule is Cc1cc2c(cc1F)C(=O)N(C)CC2. The van der Waals surface area contributed by atoms with Gasteiger partial charge < -0.3 is 4.90 Å².